The smallest absolute Gasteiger partial charge is 0.171 e. The van der Waals surface area contributed by atoms with Crippen molar-refractivity contribution in [2.24, 2.45) is 0 Å². The third kappa shape index (κ3) is 14.2. The summed E-state index contributed by atoms with van der Waals surface area (Å²) in [6.07, 6.45) is 0.823. The number of hydrogen-bond acceptors (Lipinski definition) is 4. The molecule has 0 unspecified atom stereocenters. The standard InChI is InChI=1S/C8H19FNO3P.C2H6/c1-3-12-14(13-4-2)8-6-10-5-7-11-9;1-2/h10H,3-8H2,1-2H3;1-2H3. The normalized spacial score (nSPS) is 10.1. The molecule has 0 amide bonds. The van der Waals surface area contributed by atoms with Crippen LogP contribution >= 0.6 is 8.38 Å². The minimum atomic E-state index is -0.779. The Bertz CT molecular complexity index is 116. The molecule has 0 radical (unpaired) electrons. The van der Waals surface area contributed by atoms with Crippen molar-refractivity contribution in [3.63, 3.8) is 0 Å². The van der Waals surface area contributed by atoms with Crippen LogP contribution in [0.2, 0.25) is 0 Å². The Hall–Kier alpha value is 0.200. The van der Waals surface area contributed by atoms with Gasteiger partial charge in [-0.25, -0.2) is 0 Å². The molecule has 0 fully saturated rings. The van der Waals surface area contributed by atoms with Crippen molar-refractivity contribution in [2.75, 3.05) is 39.1 Å². The molecule has 0 aliphatic rings. The molecule has 0 aliphatic carbocycles. The summed E-state index contributed by atoms with van der Waals surface area (Å²) >= 11 is 0. The number of halogens is 1. The summed E-state index contributed by atoms with van der Waals surface area (Å²) in [5.41, 5.74) is 0. The van der Waals surface area contributed by atoms with Crippen LogP contribution in [0.15, 0.2) is 0 Å². The molecular formula is C10H25FNO3P. The third-order valence-electron chi connectivity index (χ3n) is 1.37. The molecule has 0 aromatic carbocycles. The van der Waals surface area contributed by atoms with Crippen LogP contribution in [0.25, 0.3) is 0 Å². The zero-order valence-corrected chi connectivity index (χ0v) is 11.7. The first-order chi connectivity index (χ1) is 7.85. The van der Waals surface area contributed by atoms with Crippen LogP contribution in [-0.2, 0) is 14.0 Å². The summed E-state index contributed by atoms with van der Waals surface area (Å²) in [6.45, 7) is 10.6. The van der Waals surface area contributed by atoms with Crippen LogP contribution in [-0.4, -0.2) is 39.1 Å². The summed E-state index contributed by atoms with van der Waals surface area (Å²) in [4.78, 5) is 3.42. The molecule has 0 aliphatic heterocycles. The Balaban J connectivity index is 0. The molecule has 0 aromatic rings. The van der Waals surface area contributed by atoms with Gasteiger partial charge in [-0.2, -0.15) is 4.94 Å². The second kappa shape index (κ2) is 17.6. The van der Waals surface area contributed by atoms with Gasteiger partial charge in [-0.1, -0.05) is 13.8 Å². The van der Waals surface area contributed by atoms with Gasteiger partial charge in [-0.3, -0.25) is 0 Å². The first-order valence-corrected chi connectivity index (χ1v) is 7.19. The van der Waals surface area contributed by atoms with Gasteiger partial charge < -0.3 is 14.4 Å². The molecule has 6 heteroatoms. The Labute approximate surface area is 99.7 Å². The molecule has 0 atom stereocenters. The van der Waals surface area contributed by atoms with Crippen LogP contribution in [0.4, 0.5) is 4.53 Å². The van der Waals surface area contributed by atoms with Crippen molar-refractivity contribution in [3.05, 3.63) is 0 Å². The second-order valence-corrected chi connectivity index (χ2v) is 4.08. The van der Waals surface area contributed by atoms with Crippen molar-refractivity contribution in [2.45, 2.75) is 27.7 Å². The molecule has 4 nitrogen and oxygen atoms in total. The van der Waals surface area contributed by atoms with Crippen LogP contribution in [0.1, 0.15) is 27.7 Å². The monoisotopic (exact) mass is 257 g/mol. The highest BCUT2D eigenvalue weighted by atomic mass is 31.2. The summed E-state index contributed by atoms with van der Waals surface area (Å²) in [6, 6.07) is 0. The summed E-state index contributed by atoms with van der Waals surface area (Å²) in [5.74, 6) is 0. The molecule has 0 bridgehead atoms. The summed E-state index contributed by atoms with van der Waals surface area (Å²) in [5, 5.41) is 3.02. The van der Waals surface area contributed by atoms with Crippen LogP contribution in [0, 0.1) is 0 Å². The van der Waals surface area contributed by atoms with Crippen molar-refractivity contribution in [1.29, 1.82) is 0 Å². The summed E-state index contributed by atoms with van der Waals surface area (Å²) in [7, 11) is -0.779. The van der Waals surface area contributed by atoms with E-state index in [0.29, 0.717) is 19.8 Å². The van der Waals surface area contributed by atoms with E-state index in [4.69, 9.17) is 9.05 Å². The molecule has 0 aromatic heterocycles. The average Bonchev–Trinajstić information content (AvgIpc) is 2.32. The van der Waals surface area contributed by atoms with Crippen molar-refractivity contribution in [1.82, 2.24) is 5.32 Å². The molecule has 1 N–H and O–H groups in total. The number of rotatable bonds is 10. The molecule has 16 heavy (non-hydrogen) atoms. The fraction of sp³-hybridized carbons (Fsp3) is 1.00. The van der Waals surface area contributed by atoms with Gasteiger partial charge in [0.25, 0.3) is 0 Å². The van der Waals surface area contributed by atoms with Gasteiger partial charge in [-0.05, 0) is 18.4 Å². The Kier molecular flexibility index (Phi) is 20.4. The van der Waals surface area contributed by atoms with Gasteiger partial charge in [0, 0.05) is 19.3 Å². The average molecular weight is 257 g/mol. The fourth-order valence-corrected chi connectivity index (χ4v) is 2.11. The predicted octanol–water partition coefficient (Wildman–Crippen LogP) is 2.89. The van der Waals surface area contributed by atoms with E-state index in [-0.39, 0.29) is 6.61 Å². The molecule has 0 saturated carbocycles. The first kappa shape index (κ1) is 18.6. The Morgan fingerprint density at radius 3 is 2.06 bits per heavy atom. The lowest BCUT2D eigenvalue weighted by Gasteiger charge is -2.15. The lowest BCUT2D eigenvalue weighted by Crippen LogP contribution is -2.22. The molecule has 0 saturated heterocycles. The largest absolute Gasteiger partial charge is 0.334 e. The van der Waals surface area contributed by atoms with Crippen molar-refractivity contribution >= 4 is 8.38 Å². The lowest BCUT2D eigenvalue weighted by atomic mass is 10.6. The van der Waals surface area contributed by atoms with Crippen molar-refractivity contribution < 1.29 is 18.5 Å². The minimum absolute atomic E-state index is 0.0845. The molecular weight excluding hydrogens is 232 g/mol. The van der Waals surface area contributed by atoms with Gasteiger partial charge in [0.15, 0.2) is 8.38 Å². The first-order valence-electron chi connectivity index (χ1n) is 5.82. The van der Waals surface area contributed by atoms with E-state index in [9.17, 15) is 4.53 Å². The summed E-state index contributed by atoms with van der Waals surface area (Å²) < 4.78 is 22.0. The Morgan fingerprint density at radius 2 is 1.62 bits per heavy atom. The maximum absolute atomic E-state index is 11.2. The second-order valence-electron chi connectivity index (χ2n) is 2.46. The molecule has 0 heterocycles. The third-order valence-corrected chi connectivity index (χ3v) is 3.05. The number of hydrogen-bond donors (Lipinski definition) is 1. The van der Waals surface area contributed by atoms with Gasteiger partial charge >= 0.3 is 0 Å². The van der Waals surface area contributed by atoms with Crippen LogP contribution in [0.5, 0.6) is 0 Å². The van der Waals surface area contributed by atoms with Gasteiger partial charge in [-0.15, -0.1) is 0 Å². The highest BCUT2D eigenvalue weighted by molar-refractivity contribution is 7.47. The van der Waals surface area contributed by atoms with E-state index in [1.807, 2.05) is 27.7 Å². The van der Waals surface area contributed by atoms with E-state index < -0.39 is 8.38 Å². The van der Waals surface area contributed by atoms with Crippen LogP contribution < -0.4 is 5.32 Å². The van der Waals surface area contributed by atoms with E-state index in [1.165, 1.54) is 0 Å². The molecule has 100 valence electrons. The van der Waals surface area contributed by atoms with E-state index in [2.05, 4.69) is 10.3 Å². The predicted molar refractivity (Wildman–Crippen MR) is 66.3 cm³/mol. The van der Waals surface area contributed by atoms with Gasteiger partial charge in [0.1, 0.15) is 6.61 Å². The highest BCUT2D eigenvalue weighted by Gasteiger charge is 2.07. The van der Waals surface area contributed by atoms with E-state index >= 15 is 0 Å². The highest BCUT2D eigenvalue weighted by Crippen LogP contribution is 2.36. The van der Waals surface area contributed by atoms with E-state index in [0.717, 1.165) is 12.7 Å². The fourth-order valence-electron chi connectivity index (χ4n) is 0.860. The number of nitrogens with one attached hydrogen (secondary N) is 1. The molecule has 0 rings (SSSR count). The van der Waals surface area contributed by atoms with Gasteiger partial charge in [0.2, 0.25) is 0 Å². The zero-order chi connectivity index (χ0) is 12.6. The lowest BCUT2D eigenvalue weighted by molar-refractivity contribution is -0.129. The maximum Gasteiger partial charge on any atom is 0.171 e. The Morgan fingerprint density at radius 1 is 1.06 bits per heavy atom. The maximum atomic E-state index is 11.2. The SMILES string of the molecule is CC.CCOP(CCNCCOF)OCC. The van der Waals surface area contributed by atoms with Gasteiger partial charge in [0.05, 0.1) is 13.2 Å². The topological polar surface area (TPSA) is 39.7 Å². The van der Waals surface area contributed by atoms with E-state index in [1.54, 1.807) is 0 Å². The molecule has 0 spiro atoms. The van der Waals surface area contributed by atoms with Crippen LogP contribution in [0.3, 0.4) is 0 Å². The minimum Gasteiger partial charge on any atom is -0.334 e. The zero-order valence-electron chi connectivity index (χ0n) is 10.8. The van der Waals surface area contributed by atoms with Crippen molar-refractivity contribution in [3.8, 4) is 0 Å². The quantitative estimate of drug-likeness (QED) is 0.482.